The third kappa shape index (κ3) is 3.73. The number of allylic oxidation sites excluding steroid dienone is 1. The molecule has 0 radical (unpaired) electrons. The molecule has 0 N–H and O–H groups in total. The van der Waals surface area contributed by atoms with Crippen LogP contribution in [0.3, 0.4) is 0 Å². The van der Waals surface area contributed by atoms with Gasteiger partial charge >= 0.3 is 5.97 Å². The van der Waals surface area contributed by atoms with Gasteiger partial charge in [-0.1, -0.05) is 6.92 Å². The van der Waals surface area contributed by atoms with Crippen molar-refractivity contribution in [1.82, 2.24) is 0 Å². The molecule has 1 aromatic rings. The van der Waals surface area contributed by atoms with Gasteiger partial charge in [0.15, 0.2) is 5.78 Å². The largest absolute Gasteiger partial charge is 0.469 e. The van der Waals surface area contributed by atoms with Crippen molar-refractivity contribution in [3.63, 3.8) is 0 Å². The zero-order valence-corrected chi connectivity index (χ0v) is 9.30. The van der Waals surface area contributed by atoms with Crippen molar-refractivity contribution in [3.8, 4) is 0 Å². The van der Waals surface area contributed by atoms with Crippen LogP contribution in [-0.2, 0) is 14.3 Å². The van der Waals surface area contributed by atoms with Crippen LogP contribution in [0.15, 0.2) is 35.0 Å². The highest BCUT2D eigenvalue weighted by molar-refractivity contribution is 5.96. The van der Waals surface area contributed by atoms with E-state index in [0.29, 0.717) is 6.42 Å². The van der Waals surface area contributed by atoms with Gasteiger partial charge in [-0.15, -0.1) is 0 Å². The van der Waals surface area contributed by atoms with E-state index in [2.05, 4.69) is 4.74 Å². The maximum Gasteiger partial charge on any atom is 0.330 e. The molecule has 0 amide bonds. The number of hydrogen-bond donors (Lipinski definition) is 0. The lowest BCUT2D eigenvalue weighted by Crippen LogP contribution is -2.02. The number of rotatable bonds is 5. The lowest BCUT2D eigenvalue weighted by molar-refractivity contribution is -0.135. The van der Waals surface area contributed by atoms with Crippen LogP contribution >= 0.6 is 0 Å². The molecule has 86 valence electrons. The zero-order chi connectivity index (χ0) is 12.0. The van der Waals surface area contributed by atoms with Crippen LogP contribution in [-0.4, -0.2) is 18.9 Å². The van der Waals surface area contributed by atoms with Crippen molar-refractivity contribution < 1.29 is 18.7 Å². The monoisotopic (exact) mass is 222 g/mol. The molecule has 0 bridgehead atoms. The number of carbonyl (C=O) groups excluding carboxylic acids is 2. The molecule has 16 heavy (non-hydrogen) atoms. The second-order valence-electron chi connectivity index (χ2n) is 3.44. The van der Waals surface area contributed by atoms with Crippen molar-refractivity contribution in [2.24, 2.45) is 0 Å². The van der Waals surface area contributed by atoms with E-state index in [1.807, 2.05) is 13.0 Å². The minimum absolute atomic E-state index is 0.00444. The van der Waals surface area contributed by atoms with Gasteiger partial charge in [-0.3, -0.25) is 4.79 Å². The Kier molecular flexibility index (Phi) is 4.51. The summed E-state index contributed by atoms with van der Waals surface area (Å²) >= 11 is 0. The number of esters is 1. The molecule has 0 aromatic carbocycles. The maximum absolute atomic E-state index is 11.4. The SMILES string of the molecule is COC(=O)/C=C/C(=O)CC(C)c1ccco1. The van der Waals surface area contributed by atoms with Gasteiger partial charge in [0, 0.05) is 18.4 Å². The standard InChI is InChI=1S/C12H14O4/c1-9(11-4-3-7-16-11)8-10(13)5-6-12(14)15-2/h3-7,9H,8H2,1-2H3/b6-5+. The number of carbonyl (C=O) groups is 2. The van der Waals surface area contributed by atoms with Crippen LogP contribution < -0.4 is 0 Å². The molecular weight excluding hydrogens is 208 g/mol. The van der Waals surface area contributed by atoms with E-state index in [1.165, 1.54) is 13.2 Å². The lowest BCUT2D eigenvalue weighted by Gasteiger charge is -2.04. The predicted molar refractivity (Wildman–Crippen MR) is 57.9 cm³/mol. The molecule has 0 aliphatic carbocycles. The molecule has 0 saturated carbocycles. The quantitative estimate of drug-likeness (QED) is 0.565. The van der Waals surface area contributed by atoms with E-state index < -0.39 is 5.97 Å². The van der Waals surface area contributed by atoms with Gasteiger partial charge < -0.3 is 9.15 Å². The van der Waals surface area contributed by atoms with Gasteiger partial charge in [0.1, 0.15) is 5.76 Å². The summed E-state index contributed by atoms with van der Waals surface area (Å²) in [4.78, 5) is 22.2. The van der Waals surface area contributed by atoms with E-state index in [4.69, 9.17) is 4.42 Å². The Morgan fingerprint density at radius 1 is 1.50 bits per heavy atom. The van der Waals surface area contributed by atoms with Gasteiger partial charge in [-0.2, -0.15) is 0 Å². The molecule has 1 atom stereocenters. The average molecular weight is 222 g/mol. The number of ketones is 1. The zero-order valence-electron chi connectivity index (χ0n) is 9.30. The summed E-state index contributed by atoms with van der Waals surface area (Å²) in [6.45, 7) is 1.89. The summed E-state index contributed by atoms with van der Waals surface area (Å²) < 4.78 is 9.56. The molecule has 0 spiro atoms. The van der Waals surface area contributed by atoms with E-state index >= 15 is 0 Å². The number of hydrogen-bond acceptors (Lipinski definition) is 4. The van der Waals surface area contributed by atoms with Crippen molar-refractivity contribution >= 4 is 11.8 Å². The Bertz CT molecular complexity index is 376. The van der Waals surface area contributed by atoms with Crippen LogP contribution in [0, 0.1) is 0 Å². The third-order valence-electron chi connectivity index (χ3n) is 2.14. The fourth-order valence-electron chi connectivity index (χ4n) is 1.27. The fraction of sp³-hybridized carbons (Fsp3) is 0.333. The Morgan fingerprint density at radius 3 is 2.81 bits per heavy atom. The number of ether oxygens (including phenoxy) is 1. The van der Waals surface area contributed by atoms with Gasteiger partial charge in [0.2, 0.25) is 0 Å². The molecule has 0 saturated heterocycles. The van der Waals surface area contributed by atoms with E-state index in [-0.39, 0.29) is 11.7 Å². The van der Waals surface area contributed by atoms with Crippen LogP contribution in [0.5, 0.6) is 0 Å². The molecule has 4 heteroatoms. The van der Waals surface area contributed by atoms with E-state index in [9.17, 15) is 9.59 Å². The molecule has 0 aliphatic rings. The molecule has 4 nitrogen and oxygen atoms in total. The summed E-state index contributed by atoms with van der Waals surface area (Å²) in [6.07, 6.45) is 4.23. The van der Waals surface area contributed by atoms with Crippen LogP contribution in [0.4, 0.5) is 0 Å². The van der Waals surface area contributed by atoms with Gasteiger partial charge in [-0.25, -0.2) is 4.79 Å². The molecule has 0 fully saturated rings. The molecule has 1 aromatic heterocycles. The first-order valence-electron chi connectivity index (χ1n) is 4.95. The normalized spacial score (nSPS) is 12.6. The second kappa shape index (κ2) is 5.90. The van der Waals surface area contributed by atoms with Crippen molar-refractivity contribution in [1.29, 1.82) is 0 Å². The highest BCUT2D eigenvalue weighted by atomic mass is 16.5. The lowest BCUT2D eigenvalue weighted by atomic mass is 10.0. The molecule has 1 unspecified atom stereocenters. The first kappa shape index (κ1) is 12.2. The molecule has 1 heterocycles. The van der Waals surface area contributed by atoms with Crippen LogP contribution in [0.1, 0.15) is 25.0 Å². The van der Waals surface area contributed by atoms with Crippen LogP contribution in [0.2, 0.25) is 0 Å². The fourth-order valence-corrected chi connectivity index (χ4v) is 1.27. The highest BCUT2D eigenvalue weighted by Gasteiger charge is 2.11. The average Bonchev–Trinajstić information content (AvgIpc) is 2.79. The first-order chi connectivity index (χ1) is 7.63. The maximum atomic E-state index is 11.4. The van der Waals surface area contributed by atoms with Crippen LogP contribution in [0.25, 0.3) is 0 Å². The summed E-state index contributed by atoms with van der Waals surface area (Å²) in [5.41, 5.74) is 0. The number of furan rings is 1. The Labute approximate surface area is 93.9 Å². The number of methoxy groups -OCH3 is 1. The molecule has 0 aliphatic heterocycles. The second-order valence-corrected chi connectivity index (χ2v) is 3.44. The Morgan fingerprint density at radius 2 is 2.25 bits per heavy atom. The Hall–Kier alpha value is -1.84. The third-order valence-corrected chi connectivity index (χ3v) is 2.14. The molecule has 1 rings (SSSR count). The topological polar surface area (TPSA) is 56.5 Å². The highest BCUT2D eigenvalue weighted by Crippen LogP contribution is 2.19. The smallest absolute Gasteiger partial charge is 0.330 e. The van der Waals surface area contributed by atoms with Gasteiger partial charge in [0.25, 0.3) is 0 Å². The minimum atomic E-state index is -0.529. The van der Waals surface area contributed by atoms with Crippen molar-refractivity contribution in [2.45, 2.75) is 19.3 Å². The molecular formula is C12H14O4. The van der Waals surface area contributed by atoms with E-state index in [0.717, 1.165) is 11.8 Å². The van der Waals surface area contributed by atoms with Crippen molar-refractivity contribution in [2.75, 3.05) is 7.11 Å². The summed E-state index contributed by atoms with van der Waals surface area (Å²) in [6, 6.07) is 3.60. The summed E-state index contributed by atoms with van der Waals surface area (Å²) in [5, 5.41) is 0. The van der Waals surface area contributed by atoms with Gasteiger partial charge in [0.05, 0.1) is 13.4 Å². The van der Waals surface area contributed by atoms with Crippen molar-refractivity contribution in [3.05, 3.63) is 36.3 Å². The Balaban J connectivity index is 2.46. The first-order valence-corrected chi connectivity index (χ1v) is 4.95. The summed E-state index contributed by atoms with van der Waals surface area (Å²) in [7, 11) is 1.27. The minimum Gasteiger partial charge on any atom is -0.469 e. The summed E-state index contributed by atoms with van der Waals surface area (Å²) in [5.74, 6) is 0.109. The predicted octanol–water partition coefficient (Wildman–Crippen LogP) is 2.07. The van der Waals surface area contributed by atoms with Gasteiger partial charge in [-0.05, 0) is 18.2 Å². The van der Waals surface area contributed by atoms with E-state index in [1.54, 1.807) is 12.3 Å².